The van der Waals surface area contributed by atoms with Crippen LogP contribution in [0.2, 0.25) is 0 Å². The van der Waals surface area contributed by atoms with Gasteiger partial charge in [-0.05, 0) is 6.26 Å². The molecule has 8 heavy (non-hydrogen) atoms. The Bertz CT molecular complexity index is 83.4. The molecule has 4 heteroatoms. The highest BCUT2D eigenvalue weighted by Gasteiger charge is 2.00. The van der Waals surface area contributed by atoms with Crippen molar-refractivity contribution < 1.29 is 15.0 Å². The molecule has 1 N–H and O–H groups in total. The van der Waals surface area contributed by atoms with Crippen LogP contribution in [0.1, 0.15) is 0 Å². The Morgan fingerprint density at radius 2 is 2.50 bits per heavy atom. The highest BCUT2D eigenvalue weighted by atomic mass is 32.2. The minimum absolute atomic E-state index is 0.197. The average Bonchev–Trinajstić information content (AvgIpc) is 1.67. The van der Waals surface area contributed by atoms with Gasteiger partial charge in [0.15, 0.2) is 0 Å². The number of aliphatic hydroxyl groups excluding tert-OH is 1. The summed E-state index contributed by atoms with van der Waals surface area (Å²) >= 11 is 1.27. The standard InChI is InChI=1S/C4H8O3S/c1-8-2-3(5)4(6)7/h3,5H,2H2,1H3,(H,6,7)/p-1. The highest BCUT2D eigenvalue weighted by Crippen LogP contribution is 1.94. The number of carboxylic acids is 1. The molecule has 0 amide bonds. The summed E-state index contributed by atoms with van der Waals surface area (Å²) in [5.41, 5.74) is 0. The van der Waals surface area contributed by atoms with E-state index >= 15 is 0 Å². The van der Waals surface area contributed by atoms with Crippen molar-refractivity contribution in [1.29, 1.82) is 0 Å². The fourth-order valence-corrected chi connectivity index (χ4v) is 0.678. The quantitative estimate of drug-likeness (QED) is 0.509. The molecule has 1 atom stereocenters. The van der Waals surface area contributed by atoms with Crippen LogP contribution in [0.3, 0.4) is 0 Å². The Morgan fingerprint density at radius 1 is 2.00 bits per heavy atom. The van der Waals surface area contributed by atoms with Crippen LogP contribution in [0.4, 0.5) is 0 Å². The zero-order valence-electron chi connectivity index (χ0n) is 4.46. The van der Waals surface area contributed by atoms with Crippen molar-refractivity contribution >= 4 is 17.7 Å². The number of carbonyl (C=O) groups excluding carboxylic acids is 1. The maximum Gasteiger partial charge on any atom is 0.102 e. The van der Waals surface area contributed by atoms with Crippen LogP contribution in [0.5, 0.6) is 0 Å². The summed E-state index contributed by atoms with van der Waals surface area (Å²) in [7, 11) is 0. The van der Waals surface area contributed by atoms with Crippen LogP contribution in [-0.4, -0.2) is 29.2 Å². The van der Waals surface area contributed by atoms with Crippen LogP contribution in [-0.2, 0) is 4.79 Å². The van der Waals surface area contributed by atoms with E-state index in [1.807, 2.05) is 0 Å². The third-order valence-electron chi connectivity index (χ3n) is 0.597. The van der Waals surface area contributed by atoms with Gasteiger partial charge < -0.3 is 15.0 Å². The molecule has 0 aliphatic carbocycles. The molecule has 0 aromatic carbocycles. The molecule has 0 bridgehead atoms. The molecule has 48 valence electrons. The summed E-state index contributed by atoms with van der Waals surface area (Å²) in [4.78, 5) is 9.71. The molecule has 0 aliphatic heterocycles. The van der Waals surface area contributed by atoms with E-state index in [9.17, 15) is 9.90 Å². The van der Waals surface area contributed by atoms with E-state index in [1.54, 1.807) is 6.26 Å². The molecule has 0 saturated carbocycles. The van der Waals surface area contributed by atoms with Crippen molar-refractivity contribution in [2.24, 2.45) is 0 Å². The molecular weight excluding hydrogens is 128 g/mol. The number of carbonyl (C=O) groups is 1. The molecule has 0 aliphatic rings. The summed E-state index contributed by atoms with van der Waals surface area (Å²) in [5, 5.41) is 18.2. The number of aliphatic carboxylic acids is 1. The van der Waals surface area contributed by atoms with Gasteiger partial charge in [-0.3, -0.25) is 0 Å². The highest BCUT2D eigenvalue weighted by molar-refractivity contribution is 7.98. The van der Waals surface area contributed by atoms with E-state index in [1.165, 1.54) is 11.8 Å². The average molecular weight is 135 g/mol. The Hall–Kier alpha value is -0.220. The minimum Gasteiger partial charge on any atom is -0.547 e. The maximum atomic E-state index is 9.71. The molecule has 0 fully saturated rings. The molecule has 0 radical (unpaired) electrons. The van der Waals surface area contributed by atoms with Crippen molar-refractivity contribution in [3.05, 3.63) is 0 Å². The predicted octanol–water partition coefficient (Wildman–Crippen LogP) is -1.54. The lowest BCUT2D eigenvalue weighted by molar-refractivity contribution is -0.313. The largest absolute Gasteiger partial charge is 0.547 e. The summed E-state index contributed by atoms with van der Waals surface area (Å²) in [6.45, 7) is 0. The fraction of sp³-hybridized carbons (Fsp3) is 0.750. The van der Waals surface area contributed by atoms with Crippen molar-refractivity contribution in [3.8, 4) is 0 Å². The lowest BCUT2D eigenvalue weighted by Gasteiger charge is -2.07. The van der Waals surface area contributed by atoms with E-state index < -0.39 is 12.1 Å². The SMILES string of the molecule is CSCC(O)C(=O)[O-]. The van der Waals surface area contributed by atoms with E-state index in [4.69, 9.17) is 5.11 Å². The first-order valence-electron chi connectivity index (χ1n) is 2.06. The predicted molar refractivity (Wildman–Crippen MR) is 29.4 cm³/mol. The molecule has 0 aromatic rings. The van der Waals surface area contributed by atoms with E-state index in [0.717, 1.165) is 0 Å². The molecule has 0 saturated heterocycles. The topological polar surface area (TPSA) is 60.4 Å². The molecule has 1 unspecified atom stereocenters. The molecular formula is C4H7O3S-. The Morgan fingerprint density at radius 3 is 2.62 bits per heavy atom. The van der Waals surface area contributed by atoms with E-state index in [2.05, 4.69) is 0 Å². The van der Waals surface area contributed by atoms with Crippen LogP contribution in [0, 0.1) is 0 Å². The van der Waals surface area contributed by atoms with Crippen LogP contribution in [0.15, 0.2) is 0 Å². The van der Waals surface area contributed by atoms with Gasteiger partial charge in [0.2, 0.25) is 0 Å². The summed E-state index contributed by atoms with van der Waals surface area (Å²) in [5.74, 6) is -1.21. The minimum atomic E-state index is -1.40. The van der Waals surface area contributed by atoms with Gasteiger partial charge in [-0.15, -0.1) is 0 Å². The van der Waals surface area contributed by atoms with Gasteiger partial charge in [0, 0.05) is 5.75 Å². The van der Waals surface area contributed by atoms with Crippen LogP contribution in [0.25, 0.3) is 0 Å². The van der Waals surface area contributed by atoms with Crippen LogP contribution < -0.4 is 5.11 Å². The zero-order chi connectivity index (χ0) is 6.57. The van der Waals surface area contributed by atoms with Crippen molar-refractivity contribution in [2.45, 2.75) is 6.10 Å². The number of carboxylic acid groups (broad SMARTS) is 1. The molecule has 3 nitrogen and oxygen atoms in total. The third kappa shape index (κ3) is 2.87. The number of hydrogen-bond acceptors (Lipinski definition) is 4. The lowest BCUT2D eigenvalue weighted by atomic mass is 10.4. The van der Waals surface area contributed by atoms with Crippen molar-refractivity contribution in [3.63, 3.8) is 0 Å². The Balaban J connectivity index is 3.32. The van der Waals surface area contributed by atoms with Gasteiger partial charge in [0.05, 0.1) is 5.97 Å². The second-order valence-corrected chi connectivity index (χ2v) is 2.20. The number of aliphatic hydroxyl groups is 1. The monoisotopic (exact) mass is 135 g/mol. The maximum absolute atomic E-state index is 9.71. The van der Waals surface area contributed by atoms with Gasteiger partial charge in [0.25, 0.3) is 0 Å². The number of thioether (sulfide) groups is 1. The van der Waals surface area contributed by atoms with Crippen molar-refractivity contribution in [1.82, 2.24) is 0 Å². The summed E-state index contributed by atoms with van der Waals surface area (Å²) in [6, 6.07) is 0. The normalized spacial score (nSPS) is 13.2. The lowest BCUT2D eigenvalue weighted by Crippen LogP contribution is -2.36. The van der Waals surface area contributed by atoms with Crippen molar-refractivity contribution in [2.75, 3.05) is 12.0 Å². The number of hydrogen-bond donors (Lipinski definition) is 1. The van der Waals surface area contributed by atoms with Gasteiger partial charge in [0.1, 0.15) is 6.10 Å². The van der Waals surface area contributed by atoms with Crippen LogP contribution >= 0.6 is 11.8 Å². The smallest absolute Gasteiger partial charge is 0.102 e. The molecule has 0 heterocycles. The zero-order valence-corrected chi connectivity index (χ0v) is 5.27. The first-order valence-corrected chi connectivity index (χ1v) is 3.45. The Kier molecular flexibility index (Phi) is 3.64. The second-order valence-electron chi connectivity index (χ2n) is 1.29. The van der Waals surface area contributed by atoms with Gasteiger partial charge in [-0.2, -0.15) is 11.8 Å². The first kappa shape index (κ1) is 7.78. The number of rotatable bonds is 3. The van der Waals surface area contributed by atoms with Gasteiger partial charge >= 0.3 is 0 Å². The summed E-state index contributed by atoms with van der Waals surface area (Å²) in [6.07, 6.45) is 0.400. The van der Waals surface area contributed by atoms with Gasteiger partial charge in [-0.1, -0.05) is 0 Å². The molecule has 0 rings (SSSR count). The Labute approximate surface area is 51.7 Å². The van der Waals surface area contributed by atoms with E-state index in [0.29, 0.717) is 0 Å². The third-order valence-corrected chi connectivity index (χ3v) is 1.25. The molecule has 0 spiro atoms. The first-order chi connectivity index (χ1) is 3.68. The molecule has 0 aromatic heterocycles. The fourth-order valence-electron chi connectivity index (χ4n) is 0.226. The summed E-state index contributed by atoms with van der Waals surface area (Å²) < 4.78 is 0. The van der Waals surface area contributed by atoms with Gasteiger partial charge in [-0.25, -0.2) is 0 Å². The van der Waals surface area contributed by atoms with E-state index in [-0.39, 0.29) is 5.75 Å². The second kappa shape index (κ2) is 3.74.